The Morgan fingerprint density at radius 1 is 0.923 bits per heavy atom. The fourth-order valence-electron chi connectivity index (χ4n) is 7.76. The number of carboxylic acid groups (broad SMARTS) is 1. The number of aromatic carboxylic acids is 1. The van der Waals surface area contributed by atoms with E-state index in [0.717, 1.165) is 31.7 Å². The lowest BCUT2D eigenvalue weighted by Crippen LogP contribution is -2.29. The van der Waals surface area contributed by atoms with Gasteiger partial charge in [-0.05, 0) is 68.0 Å². The maximum Gasteiger partial charge on any atom is 0.335 e. The molecule has 6 heteroatoms. The summed E-state index contributed by atoms with van der Waals surface area (Å²) in [7, 11) is 0. The fraction of sp³-hybridized carbons (Fsp3) is 0.485. The van der Waals surface area contributed by atoms with Crippen molar-refractivity contribution in [2.45, 2.75) is 76.9 Å². The summed E-state index contributed by atoms with van der Waals surface area (Å²) in [5, 5.41) is 22.9. The van der Waals surface area contributed by atoms with Crippen molar-refractivity contribution in [1.82, 2.24) is 14.0 Å². The van der Waals surface area contributed by atoms with Crippen LogP contribution in [-0.2, 0) is 19.6 Å². The van der Waals surface area contributed by atoms with Gasteiger partial charge < -0.3 is 19.3 Å². The minimum absolute atomic E-state index is 0.0406. The van der Waals surface area contributed by atoms with E-state index in [0.29, 0.717) is 18.0 Å². The Bertz CT molecular complexity index is 1540. The van der Waals surface area contributed by atoms with Crippen LogP contribution in [0.15, 0.2) is 42.6 Å². The third-order valence-corrected chi connectivity index (χ3v) is 9.60. The van der Waals surface area contributed by atoms with Crippen LogP contribution in [0.1, 0.15) is 78.8 Å². The molecule has 204 valence electrons. The van der Waals surface area contributed by atoms with Gasteiger partial charge >= 0.3 is 5.97 Å². The average Bonchev–Trinajstić information content (AvgIpc) is 3.47. The minimum atomic E-state index is -0.894. The first kappa shape index (κ1) is 24.9. The van der Waals surface area contributed by atoms with Gasteiger partial charge in [-0.1, -0.05) is 49.9 Å². The molecule has 7 rings (SSSR count). The number of para-hydroxylation sites is 1. The largest absolute Gasteiger partial charge is 0.478 e. The van der Waals surface area contributed by atoms with E-state index in [4.69, 9.17) is 0 Å². The van der Waals surface area contributed by atoms with Gasteiger partial charge in [0.05, 0.1) is 16.8 Å². The molecule has 0 radical (unpaired) electrons. The number of carbonyl (C=O) groups is 1. The second-order valence-corrected chi connectivity index (χ2v) is 12.1. The number of aliphatic hydroxyl groups is 1. The Labute approximate surface area is 229 Å². The van der Waals surface area contributed by atoms with E-state index in [1.54, 1.807) is 6.07 Å². The molecule has 0 amide bonds. The molecule has 39 heavy (non-hydrogen) atoms. The van der Waals surface area contributed by atoms with Gasteiger partial charge in [0, 0.05) is 60.2 Å². The molecule has 6 nitrogen and oxygen atoms in total. The molecule has 2 aliphatic heterocycles. The Kier molecular flexibility index (Phi) is 6.48. The number of aliphatic hydroxyl groups excluding tert-OH is 1. The Hall–Kier alpha value is -3.09. The van der Waals surface area contributed by atoms with Gasteiger partial charge in [-0.25, -0.2) is 4.79 Å². The van der Waals surface area contributed by atoms with Crippen LogP contribution in [0.25, 0.3) is 33.1 Å². The SMILES string of the molecule is O=C(O)c1ccc2c(C3CCCCC3)c3n(c2c1)CC(CO)Cn1cc(CN2CCCCC2)c2cccc-3c21. The lowest BCUT2D eigenvalue weighted by molar-refractivity contribution is 0.0697. The van der Waals surface area contributed by atoms with Crippen molar-refractivity contribution < 1.29 is 15.0 Å². The van der Waals surface area contributed by atoms with Gasteiger partial charge in [0.1, 0.15) is 0 Å². The molecule has 1 atom stereocenters. The molecular formula is C33H39N3O3. The molecule has 4 heterocycles. The third kappa shape index (κ3) is 4.29. The van der Waals surface area contributed by atoms with Gasteiger partial charge in [-0.3, -0.25) is 4.90 Å². The number of carboxylic acids is 1. The van der Waals surface area contributed by atoms with Crippen LogP contribution in [-0.4, -0.2) is 49.9 Å². The molecule has 4 aromatic rings. The van der Waals surface area contributed by atoms with E-state index in [1.165, 1.54) is 90.0 Å². The van der Waals surface area contributed by atoms with E-state index in [-0.39, 0.29) is 12.5 Å². The van der Waals surface area contributed by atoms with Crippen LogP contribution < -0.4 is 0 Å². The number of nitrogens with zero attached hydrogens (tertiary/aromatic N) is 3. The number of hydrogen-bond acceptors (Lipinski definition) is 3. The molecule has 1 aliphatic carbocycles. The zero-order chi connectivity index (χ0) is 26.5. The highest BCUT2D eigenvalue weighted by Gasteiger charge is 2.31. The van der Waals surface area contributed by atoms with Crippen molar-refractivity contribution in [2.24, 2.45) is 5.92 Å². The first-order chi connectivity index (χ1) is 19.1. The van der Waals surface area contributed by atoms with E-state index >= 15 is 0 Å². The predicted molar refractivity (Wildman–Crippen MR) is 155 cm³/mol. The highest BCUT2D eigenvalue weighted by atomic mass is 16.4. The zero-order valence-electron chi connectivity index (χ0n) is 22.7. The molecule has 0 spiro atoms. The standard InChI is InChI=1S/C33H39N3O3/c37-21-22-17-35-20-25(19-34-14-5-2-6-15-34)26-10-7-11-28(31(26)35)32-30(23-8-3-1-4-9-23)27-13-12-24(33(38)39)16-29(27)36(32)18-22/h7,10-13,16,20,22-23,37H,1-6,8-9,14-15,17-19,21H2,(H,38,39). The van der Waals surface area contributed by atoms with Crippen LogP contribution in [0.2, 0.25) is 0 Å². The smallest absolute Gasteiger partial charge is 0.335 e. The summed E-state index contributed by atoms with van der Waals surface area (Å²) in [6.45, 7) is 4.82. The molecule has 3 aliphatic rings. The van der Waals surface area contributed by atoms with Crippen molar-refractivity contribution in [1.29, 1.82) is 0 Å². The molecule has 2 N–H and O–H groups in total. The molecular weight excluding hydrogens is 486 g/mol. The monoisotopic (exact) mass is 525 g/mol. The Balaban J connectivity index is 1.50. The first-order valence-electron chi connectivity index (χ1n) is 15.0. The number of rotatable bonds is 5. The van der Waals surface area contributed by atoms with Crippen LogP contribution in [0, 0.1) is 5.92 Å². The molecule has 2 aromatic heterocycles. The van der Waals surface area contributed by atoms with Gasteiger partial charge in [-0.15, -0.1) is 0 Å². The summed E-state index contributed by atoms with van der Waals surface area (Å²) in [6, 6.07) is 12.5. The van der Waals surface area contributed by atoms with Crippen molar-refractivity contribution in [2.75, 3.05) is 19.7 Å². The summed E-state index contributed by atoms with van der Waals surface area (Å²) in [4.78, 5) is 14.6. The third-order valence-electron chi connectivity index (χ3n) is 9.60. The number of fused-ring (bicyclic) bond motifs is 4. The fourth-order valence-corrected chi connectivity index (χ4v) is 7.76. The van der Waals surface area contributed by atoms with Crippen LogP contribution in [0.5, 0.6) is 0 Å². The van der Waals surface area contributed by atoms with E-state index in [1.807, 2.05) is 6.07 Å². The van der Waals surface area contributed by atoms with Gasteiger partial charge in [0.25, 0.3) is 0 Å². The Morgan fingerprint density at radius 2 is 1.72 bits per heavy atom. The molecule has 0 bridgehead atoms. The van der Waals surface area contributed by atoms with Crippen molar-refractivity contribution in [3.63, 3.8) is 0 Å². The maximum absolute atomic E-state index is 12.0. The van der Waals surface area contributed by atoms with Gasteiger partial charge in [0.2, 0.25) is 0 Å². The lowest BCUT2D eigenvalue weighted by Gasteiger charge is -2.27. The van der Waals surface area contributed by atoms with Crippen LogP contribution >= 0.6 is 0 Å². The number of aromatic nitrogens is 2. The summed E-state index contributed by atoms with van der Waals surface area (Å²) in [5.74, 6) is -0.389. The van der Waals surface area contributed by atoms with Crippen LogP contribution in [0.3, 0.4) is 0 Å². The molecule has 1 saturated carbocycles. The molecule has 2 aromatic carbocycles. The molecule has 1 unspecified atom stereocenters. The summed E-state index contributed by atoms with van der Waals surface area (Å²) in [5.41, 5.74) is 7.85. The summed E-state index contributed by atoms with van der Waals surface area (Å²) in [6.07, 6.45) is 12.4. The Morgan fingerprint density at radius 3 is 2.49 bits per heavy atom. The van der Waals surface area contributed by atoms with Gasteiger partial charge in [0.15, 0.2) is 0 Å². The minimum Gasteiger partial charge on any atom is -0.478 e. The van der Waals surface area contributed by atoms with Gasteiger partial charge in [-0.2, -0.15) is 0 Å². The van der Waals surface area contributed by atoms with E-state index in [9.17, 15) is 15.0 Å². The van der Waals surface area contributed by atoms with Crippen LogP contribution in [0.4, 0.5) is 0 Å². The normalized spacial score (nSPS) is 20.7. The maximum atomic E-state index is 12.0. The number of likely N-dealkylation sites (tertiary alicyclic amines) is 1. The highest BCUT2D eigenvalue weighted by molar-refractivity contribution is 6.03. The topological polar surface area (TPSA) is 70.6 Å². The first-order valence-corrected chi connectivity index (χ1v) is 15.0. The number of piperidine rings is 1. The summed E-state index contributed by atoms with van der Waals surface area (Å²) < 4.78 is 4.78. The lowest BCUT2D eigenvalue weighted by atomic mass is 9.81. The predicted octanol–water partition coefficient (Wildman–Crippen LogP) is 6.62. The second kappa shape index (κ2) is 10.1. The van der Waals surface area contributed by atoms with E-state index < -0.39 is 5.97 Å². The van der Waals surface area contributed by atoms with Crippen molar-refractivity contribution in [3.05, 3.63) is 59.3 Å². The van der Waals surface area contributed by atoms with E-state index in [2.05, 4.69) is 44.5 Å². The van der Waals surface area contributed by atoms with Crippen molar-refractivity contribution in [3.8, 4) is 11.3 Å². The quantitative estimate of drug-likeness (QED) is 0.307. The number of hydrogen-bond donors (Lipinski definition) is 2. The number of benzene rings is 2. The highest BCUT2D eigenvalue weighted by Crippen LogP contribution is 2.47. The molecule has 2 fully saturated rings. The molecule has 1 saturated heterocycles. The average molecular weight is 526 g/mol. The van der Waals surface area contributed by atoms with Crippen molar-refractivity contribution >= 4 is 27.8 Å². The zero-order valence-corrected chi connectivity index (χ0v) is 22.7. The summed E-state index contributed by atoms with van der Waals surface area (Å²) >= 11 is 0. The second-order valence-electron chi connectivity index (χ2n) is 12.1.